The number of hydrogen-bond donors (Lipinski definition) is 0. The number of benzene rings is 1. The summed E-state index contributed by atoms with van der Waals surface area (Å²) in [6.07, 6.45) is -3.18. The van der Waals surface area contributed by atoms with Crippen molar-refractivity contribution in [1.82, 2.24) is 4.98 Å². The lowest BCUT2D eigenvalue weighted by Gasteiger charge is -2.14. The molecule has 0 aliphatic rings. The van der Waals surface area contributed by atoms with E-state index in [0.717, 1.165) is 17.5 Å². The molecular formula is C19H14F3NO3S. The van der Waals surface area contributed by atoms with Gasteiger partial charge in [-0.05, 0) is 24.6 Å². The summed E-state index contributed by atoms with van der Waals surface area (Å²) >= 11 is 1.26. The van der Waals surface area contributed by atoms with Gasteiger partial charge in [-0.2, -0.15) is 13.2 Å². The Hall–Kier alpha value is -2.74. The molecule has 140 valence electrons. The van der Waals surface area contributed by atoms with E-state index < -0.39 is 35.7 Å². The van der Waals surface area contributed by atoms with Crippen LogP contribution in [0.2, 0.25) is 0 Å². The molecule has 4 nitrogen and oxygen atoms in total. The minimum Gasteiger partial charge on any atom is -0.454 e. The first-order chi connectivity index (χ1) is 12.8. The number of aromatic nitrogens is 1. The molecule has 3 rings (SSSR count). The van der Waals surface area contributed by atoms with Gasteiger partial charge in [0.05, 0.1) is 21.5 Å². The molecular weight excluding hydrogens is 379 g/mol. The van der Waals surface area contributed by atoms with Gasteiger partial charge in [-0.15, -0.1) is 11.3 Å². The second-order valence-corrected chi connectivity index (χ2v) is 6.85. The second kappa shape index (κ2) is 7.48. The number of hydrogen-bond acceptors (Lipinski definition) is 5. The van der Waals surface area contributed by atoms with Crippen molar-refractivity contribution in [2.24, 2.45) is 0 Å². The molecule has 0 atom stereocenters. The van der Waals surface area contributed by atoms with Crippen LogP contribution < -0.4 is 0 Å². The van der Waals surface area contributed by atoms with Crippen LogP contribution in [0.3, 0.4) is 0 Å². The van der Waals surface area contributed by atoms with Crippen molar-refractivity contribution >= 4 is 34.0 Å². The van der Waals surface area contributed by atoms with Gasteiger partial charge in [-0.25, -0.2) is 4.79 Å². The number of alkyl halides is 3. The first-order valence-corrected chi connectivity index (χ1v) is 8.87. The Morgan fingerprint density at radius 1 is 1.15 bits per heavy atom. The highest BCUT2D eigenvalue weighted by molar-refractivity contribution is 7.14. The second-order valence-electron chi connectivity index (χ2n) is 5.68. The number of aryl methyl sites for hydroxylation is 1. The van der Waals surface area contributed by atoms with E-state index >= 15 is 0 Å². The molecule has 2 heterocycles. The Kier molecular flexibility index (Phi) is 5.27. The van der Waals surface area contributed by atoms with Gasteiger partial charge in [-0.1, -0.05) is 25.1 Å². The molecule has 0 amide bonds. The number of ketones is 1. The number of thiophene rings is 1. The van der Waals surface area contributed by atoms with Crippen molar-refractivity contribution in [3.05, 3.63) is 63.5 Å². The zero-order valence-corrected chi connectivity index (χ0v) is 15.0. The van der Waals surface area contributed by atoms with Crippen LogP contribution in [0.4, 0.5) is 13.2 Å². The summed E-state index contributed by atoms with van der Waals surface area (Å²) in [5.41, 5.74) is -1.72. The minimum atomic E-state index is -4.77. The van der Waals surface area contributed by atoms with Gasteiger partial charge in [0, 0.05) is 16.5 Å². The molecule has 0 aliphatic carbocycles. The average Bonchev–Trinajstić information content (AvgIpc) is 3.13. The highest BCUT2D eigenvalue weighted by Gasteiger charge is 2.38. The number of nitrogens with zero attached hydrogens (tertiary/aromatic N) is 1. The number of carbonyl (C=O) groups excluding carboxylic acids is 2. The number of esters is 1. The molecule has 0 saturated carbocycles. The summed E-state index contributed by atoms with van der Waals surface area (Å²) < 4.78 is 45.5. The predicted molar refractivity (Wildman–Crippen MR) is 95.1 cm³/mol. The fourth-order valence-electron chi connectivity index (χ4n) is 2.60. The van der Waals surface area contributed by atoms with E-state index in [0.29, 0.717) is 4.88 Å². The van der Waals surface area contributed by atoms with Crippen molar-refractivity contribution in [1.29, 1.82) is 0 Å². The van der Waals surface area contributed by atoms with Crippen LogP contribution in [0.5, 0.6) is 0 Å². The van der Waals surface area contributed by atoms with Crippen LogP contribution in [-0.2, 0) is 17.3 Å². The molecule has 0 bridgehead atoms. The first kappa shape index (κ1) is 19.0. The third kappa shape index (κ3) is 4.00. The number of fused-ring (bicyclic) bond motifs is 1. The quantitative estimate of drug-likeness (QED) is 0.456. The lowest BCUT2D eigenvalue weighted by atomic mass is 10.0. The molecule has 8 heteroatoms. The molecule has 3 aromatic rings. The van der Waals surface area contributed by atoms with E-state index in [4.69, 9.17) is 4.74 Å². The van der Waals surface area contributed by atoms with E-state index in [2.05, 4.69) is 4.98 Å². The smallest absolute Gasteiger partial charge is 0.417 e. The van der Waals surface area contributed by atoms with Gasteiger partial charge in [0.1, 0.15) is 0 Å². The Bertz CT molecular complexity index is 1010. The Morgan fingerprint density at radius 2 is 1.89 bits per heavy atom. The first-order valence-electron chi connectivity index (χ1n) is 8.05. The van der Waals surface area contributed by atoms with Crippen molar-refractivity contribution in [3.8, 4) is 0 Å². The largest absolute Gasteiger partial charge is 0.454 e. The van der Waals surface area contributed by atoms with Gasteiger partial charge >= 0.3 is 12.1 Å². The molecule has 0 spiro atoms. The van der Waals surface area contributed by atoms with Crippen LogP contribution in [-0.4, -0.2) is 23.3 Å². The van der Waals surface area contributed by atoms with Gasteiger partial charge in [0.25, 0.3) is 0 Å². The number of carbonyl (C=O) groups is 2. The van der Waals surface area contributed by atoms with Crippen LogP contribution in [0.1, 0.15) is 37.4 Å². The van der Waals surface area contributed by atoms with Gasteiger partial charge < -0.3 is 4.74 Å². The number of pyridine rings is 1. The molecule has 0 radical (unpaired) electrons. The highest BCUT2D eigenvalue weighted by atomic mass is 32.1. The standard InChI is InChI=1S/C19H14F3NO3S/c1-2-11-7-8-16(27-11)15(24)10-26-18(25)13-9-23-14-6-4-3-5-12(14)17(13)19(20,21)22/h3-9H,2,10H2,1H3. The van der Waals surface area contributed by atoms with E-state index in [1.807, 2.05) is 6.92 Å². The third-order valence-electron chi connectivity index (χ3n) is 3.90. The van der Waals surface area contributed by atoms with Gasteiger partial charge in [0.2, 0.25) is 5.78 Å². The summed E-state index contributed by atoms with van der Waals surface area (Å²) in [5, 5.41) is -0.198. The monoisotopic (exact) mass is 393 g/mol. The normalized spacial score (nSPS) is 11.6. The lowest BCUT2D eigenvalue weighted by Crippen LogP contribution is -2.19. The van der Waals surface area contributed by atoms with Gasteiger partial charge in [-0.3, -0.25) is 9.78 Å². The zero-order chi connectivity index (χ0) is 19.6. The predicted octanol–water partition coefficient (Wildman–Crippen LogP) is 4.92. The average molecular weight is 393 g/mol. The molecule has 0 N–H and O–H groups in total. The lowest BCUT2D eigenvalue weighted by molar-refractivity contribution is -0.136. The van der Waals surface area contributed by atoms with Crippen molar-refractivity contribution in [3.63, 3.8) is 0 Å². The maximum atomic E-state index is 13.5. The molecule has 0 fully saturated rings. The molecule has 0 saturated heterocycles. The van der Waals surface area contributed by atoms with Crippen LogP contribution >= 0.6 is 11.3 Å². The van der Waals surface area contributed by atoms with Crippen LogP contribution in [0, 0.1) is 0 Å². The summed E-state index contributed by atoms with van der Waals surface area (Å²) in [6, 6.07) is 9.04. The number of rotatable bonds is 5. The van der Waals surface area contributed by atoms with Crippen molar-refractivity contribution < 1.29 is 27.5 Å². The van der Waals surface area contributed by atoms with E-state index in [9.17, 15) is 22.8 Å². The maximum Gasteiger partial charge on any atom is 0.417 e. The number of para-hydroxylation sites is 1. The van der Waals surface area contributed by atoms with Crippen molar-refractivity contribution in [2.75, 3.05) is 6.61 Å². The molecule has 0 unspecified atom stereocenters. The maximum absolute atomic E-state index is 13.5. The zero-order valence-electron chi connectivity index (χ0n) is 14.2. The van der Waals surface area contributed by atoms with Gasteiger partial charge in [0.15, 0.2) is 6.61 Å². The molecule has 2 aromatic heterocycles. The minimum absolute atomic E-state index is 0.114. The Morgan fingerprint density at radius 3 is 2.56 bits per heavy atom. The van der Waals surface area contributed by atoms with Crippen LogP contribution in [0.15, 0.2) is 42.6 Å². The highest BCUT2D eigenvalue weighted by Crippen LogP contribution is 2.37. The Balaban J connectivity index is 1.86. The van der Waals surface area contributed by atoms with E-state index in [-0.39, 0.29) is 10.9 Å². The molecule has 27 heavy (non-hydrogen) atoms. The SMILES string of the molecule is CCc1ccc(C(=O)COC(=O)c2cnc3ccccc3c2C(F)(F)F)s1. The number of ether oxygens (including phenoxy) is 1. The summed E-state index contributed by atoms with van der Waals surface area (Å²) in [5.74, 6) is -1.70. The summed E-state index contributed by atoms with van der Waals surface area (Å²) in [4.78, 5) is 29.6. The third-order valence-corrected chi connectivity index (χ3v) is 5.17. The van der Waals surface area contributed by atoms with Crippen molar-refractivity contribution in [2.45, 2.75) is 19.5 Å². The summed E-state index contributed by atoms with van der Waals surface area (Å²) in [6.45, 7) is 1.30. The van der Waals surface area contributed by atoms with E-state index in [1.54, 1.807) is 18.2 Å². The van der Waals surface area contributed by atoms with E-state index in [1.165, 1.54) is 29.5 Å². The molecule has 1 aromatic carbocycles. The van der Waals surface area contributed by atoms with Crippen LogP contribution in [0.25, 0.3) is 10.9 Å². The fourth-order valence-corrected chi connectivity index (χ4v) is 3.47. The Labute approximate surface area is 156 Å². The topological polar surface area (TPSA) is 56.3 Å². The fraction of sp³-hybridized carbons (Fsp3) is 0.211. The number of halogens is 3. The molecule has 0 aliphatic heterocycles. The number of Topliss-reactive ketones (excluding diaryl/α,β-unsaturated/α-hetero) is 1. The summed E-state index contributed by atoms with van der Waals surface area (Å²) in [7, 11) is 0.